The van der Waals surface area contributed by atoms with Crippen molar-refractivity contribution in [3.05, 3.63) is 22.9 Å². The van der Waals surface area contributed by atoms with E-state index in [2.05, 4.69) is 10.3 Å². The minimum atomic E-state index is 0.00767. The summed E-state index contributed by atoms with van der Waals surface area (Å²) in [4.78, 5) is 18.1. The lowest BCUT2D eigenvalue weighted by Crippen LogP contribution is -2.36. The molecule has 1 amide bonds. The second-order valence-electron chi connectivity index (χ2n) is 4.79. The maximum Gasteiger partial charge on any atom is 0.239 e. The van der Waals surface area contributed by atoms with Gasteiger partial charge in [-0.2, -0.15) is 0 Å². The van der Waals surface area contributed by atoms with Crippen LogP contribution in [0.2, 0.25) is 0 Å². The zero-order chi connectivity index (χ0) is 14.4. The Morgan fingerprint density at radius 3 is 2.74 bits per heavy atom. The average Bonchev–Trinajstić information content (AvgIpc) is 2.35. The molecule has 0 saturated heterocycles. The Morgan fingerprint density at radius 2 is 2.16 bits per heavy atom. The van der Waals surface area contributed by atoms with Crippen LogP contribution in [-0.2, 0) is 11.3 Å². The maximum atomic E-state index is 11.7. The molecule has 0 spiro atoms. The van der Waals surface area contributed by atoms with Gasteiger partial charge in [0.05, 0.1) is 6.54 Å². The van der Waals surface area contributed by atoms with Gasteiger partial charge in [0.1, 0.15) is 5.82 Å². The van der Waals surface area contributed by atoms with Crippen LogP contribution in [-0.4, -0.2) is 31.0 Å². The number of aromatic nitrogens is 1. The molecule has 0 unspecified atom stereocenters. The fourth-order valence-corrected chi connectivity index (χ4v) is 2.02. The Morgan fingerprint density at radius 1 is 1.47 bits per heavy atom. The van der Waals surface area contributed by atoms with Crippen LogP contribution in [0.25, 0.3) is 0 Å². The monoisotopic (exact) mass is 264 g/mol. The number of amides is 1. The van der Waals surface area contributed by atoms with Crippen LogP contribution in [0, 0.1) is 13.8 Å². The predicted molar refractivity (Wildman–Crippen MR) is 78.2 cm³/mol. The lowest BCUT2D eigenvalue weighted by molar-refractivity contribution is -0.119. The number of nitrogens with zero attached hydrogens (tertiary/aromatic N) is 2. The molecule has 0 aliphatic heterocycles. The van der Waals surface area contributed by atoms with Gasteiger partial charge in [0, 0.05) is 31.4 Å². The Bertz CT molecular complexity index is 445. The van der Waals surface area contributed by atoms with Crippen molar-refractivity contribution < 1.29 is 4.79 Å². The lowest BCUT2D eigenvalue weighted by atomic mass is 10.1. The standard InChI is InChI=1S/C14H24N4O/c1-5-6-16-13(19)9-18(4)14-12(8-15)10(2)7-11(3)17-14/h7H,5-6,8-9,15H2,1-4H3,(H,16,19). The Balaban J connectivity index is 2.86. The van der Waals surface area contributed by atoms with E-state index in [-0.39, 0.29) is 5.91 Å². The van der Waals surface area contributed by atoms with Gasteiger partial charge in [0.25, 0.3) is 0 Å². The van der Waals surface area contributed by atoms with Crippen molar-refractivity contribution in [3.8, 4) is 0 Å². The van der Waals surface area contributed by atoms with Crippen molar-refractivity contribution in [1.82, 2.24) is 10.3 Å². The van der Waals surface area contributed by atoms with Gasteiger partial charge in [-0.3, -0.25) is 4.79 Å². The first-order chi connectivity index (χ1) is 8.99. The van der Waals surface area contributed by atoms with Crippen LogP contribution in [0.3, 0.4) is 0 Å². The van der Waals surface area contributed by atoms with Gasteiger partial charge in [0.2, 0.25) is 5.91 Å². The van der Waals surface area contributed by atoms with E-state index in [0.29, 0.717) is 19.6 Å². The summed E-state index contributed by atoms with van der Waals surface area (Å²) >= 11 is 0. The highest BCUT2D eigenvalue weighted by Crippen LogP contribution is 2.20. The van der Waals surface area contributed by atoms with Crippen LogP contribution in [0.4, 0.5) is 5.82 Å². The molecule has 0 atom stereocenters. The number of nitrogens with one attached hydrogen (secondary N) is 1. The first-order valence-corrected chi connectivity index (χ1v) is 6.64. The molecule has 0 fully saturated rings. The first kappa shape index (κ1) is 15.4. The predicted octanol–water partition coefficient (Wildman–Crippen LogP) is 1.12. The van der Waals surface area contributed by atoms with E-state index in [1.54, 1.807) is 0 Å². The molecule has 0 aliphatic rings. The molecule has 1 aromatic heterocycles. The number of rotatable bonds is 6. The van der Waals surface area contributed by atoms with Crippen LogP contribution in [0.15, 0.2) is 6.07 Å². The fourth-order valence-electron chi connectivity index (χ4n) is 2.02. The highest BCUT2D eigenvalue weighted by atomic mass is 16.2. The number of nitrogens with two attached hydrogens (primary N) is 1. The van der Waals surface area contributed by atoms with Crippen molar-refractivity contribution in [3.63, 3.8) is 0 Å². The summed E-state index contributed by atoms with van der Waals surface area (Å²) in [6.07, 6.45) is 0.936. The van der Waals surface area contributed by atoms with Crippen LogP contribution in [0.5, 0.6) is 0 Å². The van der Waals surface area contributed by atoms with Gasteiger partial charge in [-0.25, -0.2) is 4.98 Å². The lowest BCUT2D eigenvalue weighted by Gasteiger charge is -2.22. The number of pyridine rings is 1. The number of aryl methyl sites for hydroxylation is 2. The minimum Gasteiger partial charge on any atom is -0.355 e. The van der Waals surface area contributed by atoms with E-state index in [1.807, 2.05) is 38.8 Å². The van der Waals surface area contributed by atoms with E-state index in [1.165, 1.54) is 0 Å². The van der Waals surface area contributed by atoms with Gasteiger partial charge in [0.15, 0.2) is 0 Å². The molecule has 0 bridgehead atoms. The Labute approximate surface area is 115 Å². The Kier molecular flexibility index (Phi) is 5.76. The number of hydrogen-bond acceptors (Lipinski definition) is 4. The number of carbonyl (C=O) groups excluding carboxylic acids is 1. The number of carbonyl (C=O) groups is 1. The van der Waals surface area contributed by atoms with Crippen LogP contribution >= 0.6 is 0 Å². The molecule has 0 aliphatic carbocycles. The molecule has 1 aromatic rings. The number of hydrogen-bond donors (Lipinski definition) is 2. The van der Waals surface area contributed by atoms with Gasteiger partial charge in [-0.15, -0.1) is 0 Å². The molecule has 5 nitrogen and oxygen atoms in total. The van der Waals surface area contributed by atoms with Crippen molar-refractivity contribution in [1.29, 1.82) is 0 Å². The zero-order valence-electron chi connectivity index (χ0n) is 12.3. The van der Waals surface area contributed by atoms with E-state index >= 15 is 0 Å². The molecule has 0 saturated carbocycles. The Hall–Kier alpha value is -1.62. The molecule has 0 radical (unpaired) electrons. The smallest absolute Gasteiger partial charge is 0.239 e. The highest BCUT2D eigenvalue weighted by molar-refractivity contribution is 5.81. The summed E-state index contributed by atoms with van der Waals surface area (Å²) in [5.74, 6) is 0.805. The van der Waals surface area contributed by atoms with Crippen molar-refractivity contribution in [2.75, 3.05) is 25.0 Å². The van der Waals surface area contributed by atoms with E-state index < -0.39 is 0 Å². The van der Waals surface area contributed by atoms with Gasteiger partial charge < -0.3 is 16.0 Å². The minimum absolute atomic E-state index is 0.00767. The molecule has 1 rings (SSSR count). The van der Waals surface area contributed by atoms with E-state index in [4.69, 9.17) is 5.73 Å². The summed E-state index contributed by atoms with van der Waals surface area (Å²) in [7, 11) is 1.87. The largest absolute Gasteiger partial charge is 0.355 e. The summed E-state index contributed by atoms with van der Waals surface area (Å²) in [5, 5.41) is 2.86. The molecular weight excluding hydrogens is 240 g/mol. The summed E-state index contributed by atoms with van der Waals surface area (Å²) in [5.41, 5.74) is 8.83. The summed E-state index contributed by atoms with van der Waals surface area (Å²) in [6.45, 7) is 7.42. The quantitative estimate of drug-likeness (QED) is 0.807. The van der Waals surface area contributed by atoms with Gasteiger partial charge in [-0.05, 0) is 31.9 Å². The highest BCUT2D eigenvalue weighted by Gasteiger charge is 2.14. The van der Waals surface area contributed by atoms with Crippen molar-refractivity contribution in [2.45, 2.75) is 33.7 Å². The third-order valence-corrected chi connectivity index (χ3v) is 2.97. The number of likely N-dealkylation sites (N-methyl/N-ethyl adjacent to an activating group) is 1. The molecule has 106 valence electrons. The SMILES string of the molecule is CCCNC(=O)CN(C)c1nc(C)cc(C)c1CN. The fraction of sp³-hybridized carbons (Fsp3) is 0.571. The van der Waals surface area contributed by atoms with E-state index in [9.17, 15) is 4.79 Å². The average molecular weight is 264 g/mol. The second kappa shape index (κ2) is 7.09. The van der Waals surface area contributed by atoms with Gasteiger partial charge in [-0.1, -0.05) is 6.92 Å². The molecule has 19 heavy (non-hydrogen) atoms. The molecule has 1 heterocycles. The normalized spacial score (nSPS) is 10.4. The van der Waals surface area contributed by atoms with Crippen molar-refractivity contribution in [2.24, 2.45) is 5.73 Å². The zero-order valence-corrected chi connectivity index (χ0v) is 12.3. The second-order valence-corrected chi connectivity index (χ2v) is 4.79. The third kappa shape index (κ3) is 4.21. The molecule has 5 heteroatoms. The van der Waals surface area contributed by atoms with E-state index in [0.717, 1.165) is 29.1 Å². The number of anilines is 1. The molecule has 3 N–H and O–H groups in total. The summed E-state index contributed by atoms with van der Waals surface area (Å²) < 4.78 is 0. The van der Waals surface area contributed by atoms with Crippen LogP contribution < -0.4 is 16.0 Å². The van der Waals surface area contributed by atoms with Crippen molar-refractivity contribution >= 4 is 11.7 Å². The first-order valence-electron chi connectivity index (χ1n) is 6.64. The summed E-state index contributed by atoms with van der Waals surface area (Å²) in [6, 6.07) is 2.01. The van der Waals surface area contributed by atoms with Crippen LogP contribution in [0.1, 0.15) is 30.2 Å². The maximum absolute atomic E-state index is 11.7. The topological polar surface area (TPSA) is 71.2 Å². The molecule has 0 aromatic carbocycles. The third-order valence-electron chi connectivity index (χ3n) is 2.97. The van der Waals surface area contributed by atoms with Gasteiger partial charge >= 0.3 is 0 Å². The molecular formula is C14H24N4O.